The monoisotopic (exact) mass is 459 g/mol. The van der Waals surface area contributed by atoms with Crippen LogP contribution >= 0.6 is 0 Å². The Labute approximate surface area is 188 Å². The number of benzene rings is 1. The molecule has 2 amide bonds. The van der Waals surface area contributed by atoms with E-state index in [-0.39, 0.29) is 23.4 Å². The van der Waals surface area contributed by atoms with E-state index in [0.29, 0.717) is 30.0 Å². The molecule has 0 radical (unpaired) electrons. The first-order chi connectivity index (χ1) is 15.4. The first-order valence-corrected chi connectivity index (χ1v) is 10.6. The van der Waals surface area contributed by atoms with Gasteiger partial charge in [0.15, 0.2) is 5.65 Å². The second kappa shape index (κ2) is 7.86. The van der Waals surface area contributed by atoms with Crippen molar-refractivity contribution in [2.24, 2.45) is 0 Å². The molecule has 10 heteroatoms. The van der Waals surface area contributed by atoms with Gasteiger partial charge in [0.1, 0.15) is 11.2 Å². The number of piperazine rings is 1. The van der Waals surface area contributed by atoms with Gasteiger partial charge in [0.05, 0.1) is 17.5 Å². The first-order valence-electron chi connectivity index (χ1n) is 10.6. The summed E-state index contributed by atoms with van der Waals surface area (Å²) in [7, 11) is 0. The Hall–Kier alpha value is -3.43. The lowest BCUT2D eigenvalue weighted by Crippen LogP contribution is -2.63. The molecule has 0 aliphatic carbocycles. The van der Waals surface area contributed by atoms with Crippen molar-refractivity contribution in [3.63, 3.8) is 0 Å². The summed E-state index contributed by atoms with van der Waals surface area (Å²) in [5, 5.41) is 7.26. The summed E-state index contributed by atoms with van der Waals surface area (Å²) in [4.78, 5) is 31.5. The van der Waals surface area contributed by atoms with E-state index in [0.717, 1.165) is 17.7 Å². The molecular formula is C23H24F3N5O2. The number of alkyl halides is 3. The van der Waals surface area contributed by atoms with Gasteiger partial charge in [-0.05, 0) is 38.0 Å². The van der Waals surface area contributed by atoms with Crippen LogP contribution in [0.4, 0.5) is 13.2 Å². The molecule has 4 rings (SSSR count). The second-order valence-corrected chi connectivity index (χ2v) is 8.88. The van der Waals surface area contributed by atoms with E-state index >= 15 is 0 Å². The minimum atomic E-state index is -4.42. The molecule has 3 heterocycles. The number of aromatic nitrogens is 3. The fourth-order valence-electron chi connectivity index (χ4n) is 3.89. The van der Waals surface area contributed by atoms with Gasteiger partial charge in [0.25, 0.3) is 5.91 Å². The molecule has 0 spiro atoms. The van der Waals surface area contributed by atoms with Crippen molar-refractivity contribution in [2.75, 3.05) is 13.1 Å². The number of hydrogen-bond acceptors (Lipinski definition) is 4. The van der Waals surface area contributed by atoms with Gasteiger partial charge < -0.3 is 10.2 Å². The van der Waals surface area contributed by atoms with Crippen LogP contribution in [0.2, 0.25) is 0 Å². The number of nitrogens with zero attached hydrogens (tertiary/aromatic N) is 4. The second-order valence-electron chi connectivity index (χ2n) is 8.88. The van der Waals surface area contributed by atoms with Gasteiger partial charge in [0.2, 0.25) is 5.91 Å². The average molecular weight is 459 g/mol. The summed E-state index contributed by atoms with van der Waals surface area (Å²) in [6.07, 6.45) is -2.92. The zero-order valence-corrected chi connectivity index (χ0v) is 18.7. The van der Waals surface area contributed by atoms with E-state index in [1.165, 1.54) is 27.7 Å². The van der Waals surface area contributed by atoms with E-state index in [1.807, 2.05) is 13.8 Å². The van der Waals surface area contributed by atoms with Gasteiger partial charge in [0, 0.05) is 24.2 Å². The maximum Gasteiger partial charge on any atom is 0.416 e. The largest absolute Gasteiger partial charge is 0.416 e. The summed E-state index contributed by atoms with van der Waals surface area (Å²) in [6.45, 7) is 7.98. The number of fused-ring (bicyclic) bond motifs is 1. The molecule has 7 nitrogen and oxygen atoms in total. The standard InChI is InChI=1S/C23H24F3N5O2/c1-13(2)16-11-17(14-5-7-15(8-6-14)23(24,25)26)29-31-12-18(28-19(16)31)20(32)30-10-9-27-21(33)22(30,3)4/h5-8,11-13H,9-10H2,1-4H3,(H,27,33). The van der Waals surface area contributed by atoms with Crippen LogP contribution in [0.1, 0.15) is 55.2 Å². The summed E-state index contributed by atoms with van der Waals surface area (Å²) in [6, 6.07) is 6.56. The third kappa shape index (κ3) is 4.05. The molecule has 1 aliphatic rings. The molecule has 2 aromatic heterocycles. The number of imidazole rings is 1. The molecule has 33 heavy (non-hydrogen) atoms. The van der Waals surface area contributed by atoms with Gasteiger partial charge in [-0.1, -0.05) is 26.0 Å². The highest BCUT2D eigenvalue weighted by Gasteiger charge is 2.41. The maximum absolute atomic E-state index is 13.2. The normalized spacial score (nSPS) is 16.4. The van der Waals surface area contributed by atoms with Crippen molar-refractivity contribution >= 4 is 17.5 Å². The highest BCUT2D eigenvalue weighted by atomic mass is 19.4. The predicted octanol–water partition coefficient (Wildman–Crippen LogP) is 3.89. The van der Waals surface area contributed by atoms with Crippen molar-refractivity contribution in [1.82, 2.24) is 24.8 Å². The van der Waals surface area contributed by atoms with Gasteiger partial charge in [-0.3, -0.25) is 9.59 Å². The number of carbonyl (C=O) groups excluding carboxylic acids is 2. The van der Waals surface area contributed by atoms with E-state index in [9.17, 15) is 22.8 Å². The Kier molecular flexibility index (Phi) is 5.42. The van der Waals surface area contributed by atoms with Crippen molar-refractivity contribution in [2.45, 2.75) is 45.3 Å². The maximum atomic E-state index is 13.2. The number of halogens is 3. The lowest BCUT2D eigenvalue weighted by molar-refractivity contribution is -0.137. The van der Waals surface area contributed by atoms with Crippen LogP contribution in [0.3, 0.4) is 0 Å². The molecule has 1 saturated heterocycles. The topological polar surface area (TPSA) is 79.6 Å². The van der Waals surface area contributed by atoms with Crippen molar-refractivity contribution in [3.05, 3.63) is 53.3 Å². The van der Waals surface area contributed by atoms with Crippen LogP contribution in [-0.2, 0) is 11.0 Å². The molecule has 3 aromatic rings. The lowest BCUT2D eigenvalue weighted by Gasteiger charge is -2.40. The Bertz CT molecular complexity index is 1230. The van der Waals surface area contributed by atoms with Crippen LogP contribution in [0.15, 0.2) is 36.5 Å². The molecule has 0 atom stereocenters. The van der Waals surface area contributed by atoms with E-state index < -0.39 is 17.3 Å². The number of rotatable bonds is 3. The number of hydrogen-bond donors (Lipinski definition) is 1. The summed E-state index contributed by atoms with van der Waals surface area (Å²) in [5.41, 5.74) is 0.663. The Morgan fingerprint density at radius 3 is 2.45 bits per heavy atom. The lowest BCUT2D eigenvalue weighted by atomic mass is 9.98. The quantitative estimate of drug-likeness (QED) is 0.645. The van der Waals surface area contributed by atoms with E-state index in [4.69, 9.17) is 0 Å². The number of carbonyl (C=O) groups is 2. The molecule has 1 N–H and O–H groups in total. The molecule has 1 aliphatic heterocycles. The van der Waals surface area contributed by atoms with Crippen LogP contribution < -0.4 is 5.32 Å². The minimum absolute atomic E-state index is 0.0197. The third-order valence-corrected chi connectivity index (χ3v) is 5.90. The Morgan fingerprint density at radius 2 is 1.85 bits per heavy atom. The van der Waals surface area contributed by atoms with Crippen molar-refractivity contribution in [3.8, 4) is 11.3 Å². The van der Waals surface area contributed by atoms with Crippen molar-refractivity contribution < 1.29 is 22.8 Å². The van der Waals surface area contributed by atoms with Crippen LogP contribution in [0.5, 0.6) is 0 Å². The highest BCUT2D eigenvalue weighted by molar-refractivity contribution is 5.99. The Balaban J connectivity index is 1.77. The minimum Gasteiger partial charge on any atom is -0.352 e. The SMILES string of the molecule is CC(C)c1cc(-c2ccc(C(F)(F)F)cc2)nn2cc(C(=O)N3CCNC(=O)C3(C)C)nc12. The molecular weight excluding hydrogens is 435 g/mol. The summed E-state index contributed by atoms with van der Waals surface area (Å²) < 4.78 is 40.2. The molecule has 0 unspecified atom stereocenters. The van der Waals surface area contributed by atoms with Crippen LogP contribution in [-0.4, -0.2) is 49.9 Å². The smallest absolute Gasteiger partial charge is 0.352 e. The molecule has 1 fully saturated rings. The fraction of sp³-hybridized carbons (Fsp3) is 0.391. The molecule has 0 bridgehead atoms. The highest BCUT2D eigenvalue weighted by Crippen LogP contribution is 2.32. The number of amides is 2. The van der Waals surface area contributed by atoms with Gasteiger partial charge in [-0.2, -0.15) is 18.3 Å². The zero-order valence-electron chi connectivity index (χ0n) is 18.7. The van der Waals surface area contributed by atoms with Gasteiger partial charge in [-0.25, -0.2) is 9.50 Å². The fourth-order valence-corrected chi connectivity index (χ4v) is 3.89. The summed E-state index contributed by atoms with van der Waals surface area (Å²) >= 11 is 0. The summed E-state index contributed by atoms with van der Waals surface area (Å²) in [5.74, 6) is -0.603. The van der Waals surface area contributed by atoms with E-state index in [2.05, 4.69) is 15.4 Å². The average Bonchev–Trinajstić information content (AvgIpc) is 3.18. The molecule has 1 aromatic carbocycles. The molecule has 0 saturated carbocycles. The first kappa shape index (κ1) is 22.8. The molecule has 174 valence electrons. The van der Waals surface area contributed by atoms with Gasteiger partial charge in [-0.15, -0.1) is 0 Å². The number of nitrogens with one attached hydrogen (secondary N) is 1. The zero-order chi connectivity index (χ0) is 24.1. The van der Waals surface area contributed by atoms with Crippen molar-refractivity contribution in [1.29, 1.82) is 0 Å². The predicted molar refractivity (Wildman–Crippen MR) is 116 cm³/mol. The van der Waals surface area contributed by atoms with Crippen LogP contribution in [0, 0.1) is 0 Å². The van der Waals surface area contributed by atoms with E-state index in [1.54, 1.807) is 19.9 Å². The van der Waals surface area contributed by atoms with Gasteiger partial charge >= 0.3 is 6.18 Å². The van der Waals surface area contributed by atoms with Crippen LogP contribution in [0.25, 0.3) is 16.9 Å². The Morgan fingerprint density at radius 1 is 1.18 bits per heavy atom. The third-order valence-electron chi connectivity index (χ3n) is 5.90.